The summed E-state index contributed by atoms with van der Waals surface area (Å²) in [6.07, 6.45) is 4.68. The molecule has 2 aromatic rings. The number of aliphatic carboxylic acids is 1. The van der Waals surface area contributed by atoms with E-state index in [1.54, 1.807) is 0 Å². The van der Waals surface area contributed by atoms with Gasteiger partial charge in [0, 0.05) is 10.4 Å². The Morgan fingerprint density at radius 2 is 1.79 bits per heavy atom. The minimum absolute atomic E-state index is 0.00945. The Morgan fingerprint density at radius 3 is 2.39 bits per heavy atom. The summed E-state index contributed by atoms with van der Waals surface area (Å²) in [5.41, 5.74) is 3.15. The molecule has 1 aromatic carbocycles. The number of benzene rings is 1. The highest BCUT2D eigenvalue weighted by molar-refractivity contribution is 7.16. The Morgan fingerprint density at radius 1 is 1.14 bits per heavy atom. The van der Waals surface area contributed by atoms with Crippen molar-refractivity contribution in [3.05, 3.63) is 46.9 Å². The lowest BCUT2D eigenvalue weighted by atomic mass is 9.82. The van der Waals surface area contributed by atoms with Crippen molar-refractivity contribution in [3.63, 3.8) is 0 Å². The van der Waals surface area contributed by atoms with E-state index in [9.17, 15) is 14.7 Å². The molecule has 5 nitrogen and oxygen atoms in total. The van der Waals surface area contributed by atoms with Crippen LogP contribution in [0.1, 0.15) is 36.6 Å². The number of amides is 1. The largest absolute Gasteiger partial charge is 0.481 e. The molecular weight excluding hydrogens is 372 g/mol. The third-order valence-corrected chi connectivity index (χ3v) is 6.81. The van der Waals surface area contributed by atoms with Gasteiger partial charge in [0.2, 0.25) is 5.91 Å². The Balaban J connectivity index is 1.53. The molecule has 6 heteroatoms. The Kier molecular flexibility index (Phi) is 4.83. The molecule has 146 valence electrons. The summed E-state index contributed by atoms with van der Waals surface area (Å²) >= 11 is 1.43. The van der Waals surface area contributed by atoms with Gasteiger partial charge < -0.3 is 10.4 Å². The zero-order valence-corrected chi connectivity index (χ0v) is 17.0. The molecule has 0 spiro atoms. The summed E-state index contributed by atoms with van der Waals surface area (Å²) in [7, 11) is 0. The van der Waals surface area contributed by atoms with E-state index in [0.717, 1.165) is 22.6 Å². The first-order chi connectivity index (χ1) is 13.3. The fourth-order valence-electron chi connectivity index (χ4n) is 4.45. The predicted molar refractivity (Wildman–Crippen MR) is 110 cm³/mol. The van der Waals surface area contributed by atoms with Crippen LogP contribution in [-0.2, 0) is 9.59 Å². The second-order valence-electron chi connectivity index (χ2n) is 8.03. The molecule has 2 bridgehead atoms. The molecule has 0 aliphatic heterocycles. The number of rotatable bonds is 5. The van der Waals surface area contributed by atoms with E-state index in [0.29, 0.717) is 11.0 Å². The predicted octanol–water partition coefficient (Wildman–Crippen LogP) is 4.70. The van der Waals surface area contributed by atoms with E-state index in [2.05, 4.69) is 48.4 Å². The van der Waals surface area contributed by atoms with Gasteiger partial charge in [-0.1, -0.05) is 50.3 Å². The van der Waals surface area contributed by atoms with Gasteiger partial charge in [-0.2, -0.15) is 0 Å². The quantitative estimate of drug-likeness (QED) is 0.718. The van der Waals surface area contributed by atoms with Crippen LogP contribution >= 0.6 is 11.3 Å². The first-order valence-electron chi connectivity index (χ1n) is 9.65. The van der Waals surface area contributed by atoms with E-state index in [-0.39, 0.29) is 17.7 Å². The third kappa shape index (κ3) is 3.26. The fraction of sp³-hybridized carbons (Fsp3) is 0.409. The van der Waals surface area contributed by atoms with Gasteiger partial charge >= 0.3 is 5.97 Å². The van der Waals surface area contributed by atoms with Crippen molar-refractivity contribution in [1.29, 1.82) is 0 Å². The molecule has 1 aromatic heterocycles. The number of hydrogen-bond donors (Lipinski definition) is 2. The molecule has 2 aliphatic rings. The zero-order valence-electron chi connectivity index (χ0n) is 16.2. The molecule has 0 radical (unpaired) electrons. The van der Waals surface area contributed by atoms with Gasteiger partial charge in [0.15, 0.2) is 5.13 Å². The number of hydrogen-bond acceptors (Lipinski definition) is 4. The number of allylic oxidation sites excluding steroid dienone is 2. The topological polar surface area (TPSA) is 79.3 Å². The highest BCUT2D eigenvalue weighted by Crippen LogP contribution is 2.48. The van der Waals surface area contributed by atoms with Gasteiger partial charge in [-0.3, -0.25) is 9.59 Å². The number of nitrogens with zero attached hydrogens (tertiary/aromatic N) is 1. The highest BCUT2D eigenvalue weighted by atomic mass is 32.1. The SMILES string of the molecule is Cc1sc(NC(=O)[C@@H]2[C@@H](C(=O)O)[C@H]3C=C[C@H]2C3)nc1-c1ccc(C(C)C)cc1. The Bertz CT molecular complexity index is 945. The molecule has 1 amide bonds. The summed E-state index contributed by atoms with van der Waals surface area (Å²) in [6, 6.07) is 8.33. The molecule has 1 saturated carbocycles. The van der Waals surface area contributed by atoms with Crippen LogP contribution in [0.5, 0.6) is 0 Å². The number of carboxylic acids is 1. The van der Waals surface area contributed by atoms with Crippen molar-refractivity contribution in [2.75, 3.05) is 5.32 Å². The van der Waals surface area contributed by atoms with Crippen LogP contribution in [0.2, 0.25) is 0 Å². The average Bonchev–Trinajstić information content (AvgIpc) is 3.35. The minimum atomic E-state index is -0.891. The number of aryl methyl sites for hydroxylation is 1. The van der Waals surface area contributed by atoms with Crippen LogP contribution in [0.3, 0.4) is 0 Å². The standard InChI is InChI=1S/C22H24N2O3S/c1-11(2)13-4-6-14(7-5-13)19-12(3)28-22(23-19)24-20(25)17-15-8-9-16(10-15)18(17)21(26)27/h4-9,11,15-18H,10H2,1-3H3,(H,26,27)(H,23,24,25)/t15-,16-,17-,18-/m0/s1. The van der Waals surface area contributed by atoms with Gasteiger partial charge in [-0.05, 0) is 36.7 Å². The molecule has 4 atom stereocenters. The first kappa shape index (κ1) is 18.9. The molecule has 2 aliphatic carbocycles. The van der Waals surface area contributed by atoms with Crippen molar-refractivity contribution in [3.8, 4) is 11.3 Å². The summed E-state index contributed by atoms with van der Waals surface area (Å²) < 4.78 is 0. The number of aromatic nitrogens is 1. The summed E-state index contributed by atoms with van der Waals surface area (Å²) in [5.74, 6) is -1.84. The Labute approximate surface area is 168 Å². The van der Waals surface area contributed by atoms with Crippen LogP contribution < -0.4 is 5.32 Å². The van der Waals surface area contributed by atoms with E-state index >= 15 is 0 Å². The van der Waals surface area contributed by atoms with E-state index in [1.165, 1.54) is 16.9 Å². The third-order valence-electron chi connectivity index (χ3n) is 5.92. The molecule has 4 rings (SSSR count). The lowest BCUT2D eigenvalue weighted by Crippen LogP contribution is -2.36. The number of thiazole rings is 1. The van der Waals surface area contributed by atoms with Gasteiger partial charge in [0.1, 0.15) is 0 Å². The van der Waals surface area contributed by atoms with E-state index in [1.807, 2.05) is 19.1 Å². The summed E-state index contributed by atoms with van der Waals surface area (Å²) in [5, 5.41) is 13.0. The van der Waals surface area contributed by atoms with Crippen LogP contribution in [0.15, 0.2) is 36.4 Å². The second-order valence-corrected chi connectivity index (χ2v) is 9.23. The van der Waals surface area contributed by atoms with Gasteiger partial charge in [-0.25, -0.2) is 4.98 Å². The van der Waals surface area contributed by atoms with Crippen molar-refractivity contribution in [2.24, 2.45) is 23.7 Å². The maximum absolute atomic E-state index is 12.9. The summed E-state index contributed by atoms with van der Waals surface area (Å²) in [6.45, 7) is 6.30. The molecular formula is C22H24N2O3S. The summed E-state index contributed by atoms with van der Waals surface area (Å²) in [4.78, 5) is 30.1. The number of fused-ring (bicyclic) bond motifs is 2. The smallest absolute Gasteiger partial charge is 0.307 e. The molecule has 2 N–H and O–H groups in total. The monoisotopic (exact) mass is 396 g/mol. The van der Waals surface area contributed by atoms with Crippen molar-refractivity contribution >= 4 is 28.3 Å². The fourth-order valence-corrected chi connectivity index (χ4v) is 5.29. The van der Waals surface area contributed by atoms with Crippen molar-refractivity contribution in [2.45, 2.75) is 33.1 Å². The van der Waals surface area contributed by atoms with Crippen LogP contribution in [0.25, 0.3) is 11.3 Å². The average molecular weight is 397 g/mol. The van der Waals surface area contributed by atoms with E-state index < -0.39 is 17.8 Å². The lowest BCUT2D eigenvalue weighted by molar-refractivity contribution is -0.146. The molecule has 1 fully saturated rings. The van der Waals surface area contributed by atoms with Gasteiger partial charge in [0.05, 0.1) is 17.5 Å². The molecule has 1 heterocycles. The number of carboxylic acid groups (broad SMARTS) is 1. The van der Waals surface area contributed by atoms with Gasteiger partial charge in [0.25, 0.3) is 0 Å². The van der Waals surface area contributed by atoms with Crippen molar-refractivity contribution < 1.29 is 14.7 Å². The van der Waals surface area contributed by atoms with Crippen LogP contribution in [0.4, 0.5) is 5.13 Å². The number of anilines is 1. The normalized spacial score (nSPS) is 25.4. The number of nitrogens with one attached hydrogen (secondary N) is 1. The lowest BCUT2D eigenvalue weighted by Gasteiger charge is -2.23. The number of carbonyl (C=O) groups excluding carboxylic acids is 1. The van der Waals surface area contributed by atoms with E-state index in [4.69, 9.17) is 0 Å². The van der Waals surface area contributed by atoms with Gasteiger partial charge in [-0.15, -0.1) is 11.3 Å². The maximum Gasteiger partial charge on any atom is 0.307 e. The van der Waals surface area contributed by atoms with Crippen molar-refractivity contribution in [1.82, 2.24) is 4.98 Å². The molecule has 28 heavy (non-hydrogen) atoms. The highest BCUT2D eigenvalue weighted by Gasteiger charge is 2.51. The van der Waals surface area contributed by atoms with Crippen LogP contribution in [0, 0.1) is 30.6 Å². The number of carbonyl (C=O) groups is 2. The zero-order chi connectivity index (χ0) is 20.0. The minimum Gasteiger partial charge on any atom is -0.481 e. The Hall–Kier alpha value is -2.47. The first-order valence-corrected chi connectivity index (χ1v) is 10.5. The molecule has 0 unspecified atom stereocenters. The maximum atomic E-state index is 12.9. The van der Waals surface area contributed by atoms with Crippen LogP contribution in [-0.4, -0.2) is 22.0 Å². The molecule has 0 saturated heterocycles. The second kappa shape index (κ2) is 7.17.